The van der Waals surface area contributed by atoms with E-state index in [1.165, 1.54) is 42.8 Å². The number of aliphatic imine (C=N–C) groups is 1. The van der Waals surface area contributed by atoms with Crippen molar-refractivity contribution in [3.8, 4) is 45.1 Å². The molecular formula is C103H87F2N15O10S3. The number of likely N-dealkylation sites (N-methyl/N-ethyl adjacent to an activating group) is 1. The van der Waals surface area contributed by atoms with Crippen LogP contribution in [0, 0.1) is 25.5 Å². The van der Waals surface area contributed by atoms with Crippen LogP contribution in [0.5, 0.6) is 0 Å². The molecule has 0 radical (unpaired) electrons. The van der Waals surface area contributed by atoms with E-state index in [1.807, 2.05) is 184 Å². The van der Waals surface area contributed by atoms with E-state index >= 15 is 0 Å². The van der Waals surface area contributed by atoms with E-state index in [2.05, 4.69) is 77.5 Å². The Balaban J connectivity index is 0.000000107. The number of aryl methyl sites for hydroxylation is 3. The first-order valence-corrected chi connectivity index (χ1v) is 47.4. The highest BCUT2D eigenvalue weighted by atomic mass is 32.2. The van der Waals surface area contributed by atoms with Crippen molar-refractivity contribution in [3.05, 3.63) is 405 Å². The van der Waals surface area contributed by atoms with Crippen LogP contribution >= 0.6 is 0 Å². The summed E-state index contributed by atoms with van der Waals surface area (Å²) in [6, 6.07) is 81.0. The predicted octanol–water partition coefficient (Wildman–Crippen LogP) is 18.1. The first-order chi connectivity index (χ1) is 64.4. The fourth-order valence-corrected chi connectivity index (χ4v) is 22.1. The van der Waals surface area contributed by atoms with Crippen LogP contribution < -0.4 is 4.90 Å². The minimum Gasteiger partial charge on any atom is -0.444 e. The van der Waals surface area contributed by atoms with Crippen LogP contribution in [0.15, 0.2) is 327 Å². The normalized spacial score (nSPS) is 15.7. The molecule has 12 heterocycles. The number of nitrogens with zero attached hydrogens (tertiary/aromatic N) is 15. The Hall–Kier alpha value is -14.8. The number of hydrogen-bond donors (Lipinski definition) is 0. The van der Waals surface area contributed by atoms with Gasteiger partial charge in [0.1, 0.15) is 24.2 Å². The van der Waals surface area contributed by atoms with Gasteiger partial charge in [0.25, 0.3) is 11.8 Å². The zero-order chi connectivity index (χ0) is 91.8. The van der Waals surface area contributed by atoms with Crippen LogP contribution in [-0.2, 0) is 109 Å². The first-order valence-electron chi connectivity index (χ1n) is 43.1. The SMILES string of the molecule is CN1CCc2cc(-c3ccc(CN4Cc5ncccc5C4=O)c(F)c3)ccc21.Cc1coc(-c2ccc(CN3Cc4ccccc4S3(=O)=O)cc2)n1.Cc1nc(-c2ccc(CN3Cc4ccccc4S3(=O)=O)cc2)no1.Cn1cc2cc(-c3ccc(CN4Cc5ncncc5C4=O)c(F)c3)ccc2n1.O=S1(=O)c2ccccc2CN1Cc1ccc(C2=CCC(c3ccccc3)=N2)cc1. The summed E-state index contributed by atoms with van der Waals surface area (Å²) in [4.78, 5) is 57.2. The van der Waals surface area contributed by atoms with E-state index < -0.39 is 30.1 Å². The van der Waals surface area contributed by atoms with Crippen molar-refractivity contribution in [2.24, 2.45) is 12.0 Å². The lowest BCUT2D eigenvalue weighted by Gasteiger charge is -2.16. The van der Waals surface area contributed by atoms with Crippen molar-refractivity contribution >= 4 is 69.9 Å². The number of carbonyl (C=O) groups excluding carboxylic acids is 2. The first kappa shape index (κ1) is 87.5. The molecule has 666 valence electrons. The Bertz CT molecular complexity index is 7460. The minimum atomic E-state index is -3.41. The number of aromatic nitrogens is 8. The highest BCUT2D eigenvalue weighted by molar-refractivity contribution is 7.90. The molecule has 0 fully saturated rings. The number of carbonyl (C=O) groups is 2. The summed E-state index contributed by atoms with van der Waals surface area (Å²) < 4.78 is 122. The number of hydrogen-bond acceptors (Lipinski definition) is 19. The van der Waals surface area contributed by atoms with Crippen LogP contribution in [0.3, 0.4) is 0 Å². The Kier molecular flexibility index (Phi) is 24.3. The number of benzene rings is 11. The van der Waals surface area contributed by atoms with Gasteiger partial charge in [-0.15, -0.1) is 0 Å². The maximum Gasteiger partial charge on any atom is 0.258 e. The van der Waals surface area contributed by atoms with Crippen LogP contribution in [-0.4, -0.2) is 119 Å². The largest absolute Gasteiger partial charge is 0.444 e. The third-order valence-corrected chi connectivity index (χ3v) is 29.9. The van der Waals surface area contributed by atoms with Crippen LogP contribution in [0.2, 0.25) is 0 Å². The van der Waals surface area contributed by atoms with E-state index in [1.54, 1.807) is 101 Å². The van der Waals surface area contributed by atoms with Crippen molar-refractivity contribution in [1.29, 1.82) is 0 Å². The molecular weight excluding hydrogens is 1740 g/mol. The third kappa shape index (κ3) is 18.5. The summed E-state index contributed by atoms with van der Waals surface area (Å²) in [7, 11) is -6.26. The number of anilines is 1. The molecule has 11 aromatic carbocycles. The molecule has 23 rings (SSSR count). The van der Waals surface area contributed by atoms with Gasteiger partial charge in [0.2, 0.25) is 47.7 Å². The molecule has 0 aliphatic carbocycles. The summed E-state index contributed by atoms with van der Waals surface area (Å²) in [5.41, 5.74) is 22.7. The smallest absolute Gasteiger partial charge is 0.258 e. The van der Waals surface area contributed by atoms with Crippen molar-refractivity contribution in [3.63, 3.8) is 0 Å². The lowest BCUT2D eigenvalue weighted by Crippen LogP contribution is -2.23. The molecule has 133 heavy (non-hydrogen) atoms. The molecule has 30 heteroatoms. The zero-order valence-corrected chi connectivity index (χ0v) is 75.2. The molecule has 0 spiro atoms. The highest BCUT2D eigenvalue weighted by Gasteiger charge is 2.38. The average Bonchev–Trinajstić information content (AvgIpc) is 1.58. The average molecular weight is 1830 g/mol. The predicted molar refractivity (Wildman–Crippen MR) is 500 cm³/mol. The standard InChI is InChI=1S/C24H20N2O2S.C23H20FN3O.C21H16FN5O.C18H16N2O3S.C17H15N3O3S/c27-29(28)24-9-5-4-8-21(24)17-26(29)16-18-10-12-20(13-11-18)23-15-14-22(25-23)19-6-2-1-3-7-19;1-26-10-8-17-11-15(6-7-22(17)26)16-4-5-18(20(24)12-16)13-27-14-21-19(23(27)28)3-2-9-25-21;1-26-9-16-6-13(4-5-19(16)25-26)14-2-3-15(18(22)7-14)10-27-11-20-17(21(27)28)8-23-12-24-20;1-13-12-23-18(19-13)15-8-6-14(7-9-15)10-20-11-16-4-2-3-5-17(16)24(20,21)22;1-12-18-17(19-23-12)14-8-6-13(7-9-14)10-20-11-15-4-2-3-5-16(15)24(20,21)22/h1-13,15H,14,16-17H2;2-7,9,11-12H,8,10,13-14H2,1H3;2-9,12H,10-11H2,1H3;2-9,12H,10-11H2,1H3;2-9H,10-11H2,1H3. The minimum absolute atomic E-state index is 0.0886. The Morgan fingerprint density at radius 3 is 1.49 bits per heavy atom. The molecule has 16 aromatic rings. The molecule has 7 aliphatic rings. The monoisotopic (exact) mass is 1830 g/mol. The number of halogens is 2. The van der Waals surface area contributed by atoms with Crippen molar-refractivity contribution in [1.82, 2.24) is 62.6 Å². The van der Waals surface area contributed by atoms with Gasteiger partial charge in [-0.25, -0.2) is 49.0 Å². The zero-order valence-electron chi connectivity index (χ0n) is 72.8. The lowest BCUT2D eigenvalue weighted by molar-refractivity contribution is 0.0757. The second-order valence-corrected chi connectivity index (χ2v) is 39.0. The maximum atomic E-state index is 14.8. The van der Waals surface area contributed by atoms with E-state index in [4.69, 9.17) is 13.9 Å². The summed E-state index contributed by atoms with van der Waals surface area (Å²) in [5.74, 6) is 0.733. The second kappa shape index (κ2) is 36.9. The summed E-state index contributed by atoms with van der Waals surface area (Å²) >= 11 is 0. The van der Waals surface area contributed by atoms with Gasteiger partial charge in [-0.3, -0.25) is 24.2 Å². The van der Waals surface area contributed by atoms with Crippen LogP contribution in [0.4, 0.5) is 14.5 Å². The molecule has 7 aliphatic heterocycles. The Morgan fingerprint density at radius 1 is 0.459 bits per heavy atom. The Morgan fingerprint density at radius 2 is 0.962 bits per heavy atom. The van der Waals surface area contributed by atoms with E-state index in [0.29, 0.717) is 113 Å². The van der Waals surface area contributed by atoms with Gasteiger partial charge in [0.15, 0.2) is 0 Å². The molecule has 0 saturated carbocycles. The molecule has 0 atom stereocenters. The van der Waals surface area contributed by atoms with Gasteiger partial charge in [-0.1, -0.05) is 193 Å². The van der Waals surface area contributed by atoms with Gasteiger partial charge in [0.05, 0.1) is 72.9 Å². The van der Waals surface area contributed by atoms with Crippen molar-refractivity contribution < 1.29 is 52.6 Å². The topological polar surface area (TPSA) is 290 Å². The van der Waals surface area contributed by atoms with Gasteiger partial charge in [0, 0.05) is 138 Å². The van der Waals surface area contributed by atoms with Crippen LogP contribution in [0.25, 0.3) is 61.7 Å². The fourth-order valence-electron chi connectivity index (χ4n) is 17.3. The molecule has 0 saturated heterocycles. The number of amides is 2. The van der Waals surface area contributed by atoms with Gasteiger partial charge < -0.3 is 23.6 Å². The fraction of sp³-hybridized carbons (Fsp3) is 0.165. The summed E-state index contributed by atoms with van der Waals surface area (Å²) in [6.45, 7) is 8.17. The van der Waals surface area contributed by atoms with Gasteiger partial charge >= 0.3 is 0 Å². The van der Waals surface area contributed by atoms with Crippen molar-refractivity contribution in [2.45, 2.75) is 107 Å². The molecule has 5 aromatic heterocycles. The third-order valence-electron chi connectivity index (χ3n) is 24.3. The van der Waals surface area contributed by atoms with Gasteiger partial charge in [-0.05, 0) is 165 Å². The van der Waals surface area contributed by atoms with E-state index in [9.17, 15) is 43.6 Å². The van der Waals surface area contributed by atoms with Gasteiger partial charge in [-0.2, -0.15) is 23.0 Å². The molecule has 0 bridgehead atoms. The number of allylic oxidation sites excluding steroid dienone is 1. The van der Waals surface area contributed by atoms with Crippen molar-refractivity contribution in [2.75, 3.05) is 18.5 Å². The molecule has 25 nitrogen and oxygen atoms in total. The molecule has 0 N–H and O–H groups in total. The van der Waals surface area contributed by atoms with E-state index in [-0.39, 0.29) is 36.5 Å². The lowest BCUT2D eigenvalue weighted by atomic mass is 10.00. The van der Waals surface area contributed by atoms with Crippen LogP contribution in [0.1, 0.15) is 111 Å². The summed E-state index contributed by atoms with van der Waals surface area (Å²) in [6.07, 6.45) is 12.1. The number of sulfonamides is 3. The molecule has 0 unspecified atom stereocenters. The Labute approximate surface area is 767 Å². The summed E-state index contributed by atoms with van der Waals surface area (Å²) in [5, 5.41) is 9.24. The second-order valence-electron chi connectivity index (χ2n) is 33.3. The number of pyridine rings is 1. The number of rotatable bonds is 16. The number of oxazole rings is 1. The quantitative estimate of drug-likeness (QED) is 0.0868. The molecule has 2 amide bonds. The number of fused-ring (bicyclic) bond motifs is 7. The maximum absolute atomic E-state index is 14.8. The highest BCUT2D eigenvalue weighted by Crippen LogP contribution is 2.39. The van der Waals surface area contributed by atoms with E-state index in [0.717, 1.165) is 131 Å².